The van der Waals surface area contributed by atoms with E-state index in [1.807, 2.05) is 36.4 Å². The average Bonchev–Trinajstić information content (AvgIpc) is 2.31. The van der Waals surface area contributed by atoms with Crippen LogP contribution in [0.5, 0.6) is 0 Å². The highest BCUT2D eigenvalue weighted by atomic mass is 32.2. The zero-order valence-corrected chi connectivity index (χ0v) is 9.08. The molecule has 2 rings (SSSR count). The van der Waals surface area contributed by atoms with Crippen molar-refractivity contribution in [2.45, 2.75) is 4.90 Å². The first-order valence-corrected chi connectivity index (χ1v) is 5.78. The topological polar surface area (TPSA) is 20.2 Å². The number of hydrogen-bond acceptors (Lipinski definition) is 2. The van der Waals surface area contributed by atoms with Gasteiger partial charge in [0.2, 0.25) is 0 Å². The zero-order chi connectivity index (χ0) is 10.5. The Morgan fingerprint density at radius 2 is 1.53 bits per heavy atom. The fraction of sp³-hybridized carbons (Fsp3) is 0.0769. The first-order chi connectivity index (χ1) is 7.42. The molecule has 1 nitrogen and oxygen atoms in total. The minimum atomic E-state index is 0.115. The van der Waals surface area contributed by atoms with Gasteiger partial charge in [0.1, 0.15) is 0 Å². The molecule has 2 aromatic rings. The molecule has 2 aromatic carbocycles. The monoisotopic (exact) mass is 216 g/mol. The van der Waals surface area contributed by atoms with Crippen LogP contribution in [-0.2, 0) is 0 Å². The van der Waals surface area contributed by atoms with E-state index in [1.54, 1.807) is 0 Å². The first-order valence-electron chi connectivity index (χ1n) is 4.80. The molecule has 0 atom stereocenters. The van der Waals surface area contributed by atoms with E-state index in [4.69, 9.17) is 5.11 Å². The van der Waals surface area contributed by atoms with Crippen molar-refractivity contribution in [2.75, 3.05) is 5.94 Å². The third kappa shape index (κ3) is 2.41. The third-order valence-corrected chi connectivity index (χ3v) is 2.99. The molecule has 0 radical (unpaired) electrons. The van der Waals surface area contributed by atoms with E-state index in [2.05, 4.69) is 18.2 Å². The number of benzene rings is 2. The summed E-state index contributed by atoms with van der Waals surface area (Å²) in [6.45, 7) is 0. The summed E-state index contributed by atoms with van der Waals surface area (Å²) < 4.78 is 0. The lowest BCUT2D eigenvalue weighted by atomic mass is 10.1. The summed E-state index contributed by atoms with van der Waals surface area (Å²) in [5, 5.41) is 8.95. The van der Waals surface area contributed by atoms with Crippen LogP contribution in [0.15, 0.2) is 59.5 Å². The van der Waals surface area contributed by atoms with Crippen LogP contribution in [0, 0.1) is 0 Å². The highest BCUT2D eigenvalue weighted by molar-refractivity contribution is 7.99. The molecule has 0 saturated heterocycles. The molecule has 1 N–H and O–H groups in total. The summed E-state index contributed by atoms with van der Waals surface area (Å²) in [6, 6.07) is 18.3. The maximum absolute atomic E-state index is 8.95. The summed E-state index contributed by atoms with van der Waals surface area (Å²) in [5.41, 5.74) is 2.37. The van der Waals surface area contributed by atoms with E-state index in [-0.39, 0.29) is 5.94 Å². The smallest absolute Gasteiger partial charge is 0.0932 e. The number of aliphatic hydroxyl groups excluding tert-OH is 1. The Hall–Kier alpha value is -1.25. The molecule has 0 bridgehead atoms. The van der Waals surface area contributed by atoms with Gasteiger partial charge in [-0.15, -0.1) is 0 Å². The van der Waals surface area contributed by atoms with Gasteiger partial charge < -0.3 is 5.11 Å². The van der Waals surface area contributed by atoms with E-state index < -0.39 is 0 Å². The third-order valence-electron chi connectivity index (χ3n) is 2.19. The Labute approximate surface area is 93.8 Å². The van der Waals surface area contributed by atoms with Crippen LogP contribution in [-0.4, -0.2) is 11.0 Å². The van der Waals surface area contributed by atoms with E-state index in [9.17, 15) is 0 Å². The molecule has 76 valence electrons. The molecule has 0 unspecified atom stereocenters. The van der Waals surface area contributed by atoms with Gasteiger partial charge in [-0.1, -0.05) is 60.3 Å². The van der Waals surface area contributed by atoms with Crippen LogP contribution in [0.4, 0.5) is 0 Å². The van der Waals surface area contributed by atoms with Gasteiger partial charge in [-0.2, -0.15) is 0 Å². The Bertz CT molecular complexity index is 426. The summed E-state index contributed by atoms with van der Waals surface area (Å²) in [7, 11) is 0. The molecule has 2 heteroatoms. The van der Waals surface area contributed by atoms with Gasteiger partial charge in [-0.05, 0) is 17.2 Å². The lowest BCUT2D eigenvalue weighted by Crippen LogP contribution is -1.82. The normalized spacial score (nSPS) is 10.2. The largest absolute Gasteiger partial charge is 0.385 e. The van der Waals surface area contributed by atoms with Crippen LogP contribution in [0.2, 0.25) is 0 Å². The van der Waals surface area contributed by atoms with Crippen molar-refractivity contribution >= 4 is 11.8 Å². The number of thioether (sulfide) groups is 1. The zero-order valence-electron chi connectivity index (χ0n) is 8.26. The maximum Gasteiger partial charge on any atom is 0.0932 e. The van der Waals surface area contributed by atoms with E-state index in [0.29, 0.717) is 0 Å². The number of aliphatic hydroxyl groups is 1. The highest BCUT2D eigenvalue weighted by Crippen LogP contribution is 2.30. The fourth-order valence-corrected chi connectivity index (χ4v) is 2.17. The van der Waals surface area contributed by atoms with Crippen molar-refractivity contribution in [2.24, 2.45) is 0 Å². The van der Waals surface area contributed by atoms with Gasteiger partial charge in [-0.25, -0.2) is 0 Å². The standard InChI is InChI=1S/C13H12OS/c14-10-15-13-9-5-4-8-12(13)11-6-2-1-3-7-11/h1-9,14H,10H2. The summed E-state index contributed by atoms with van der Waals surface area (Å²) >= 11 is 1.45. The van der Waals surface area contributed by atoms with Crippen LogP contribution in [0.1, 0.15) is 0 Å². The molecule has 0 saturated carbocycles. The quantitative estimate of drug-likeness (QED) is 0.627. The summed E-state index contributed by atoms with van der Waals surface area (Å²) in [4.78, 5) is 1.12. The Kier molecular flexibility index (Phi) is 3.43. The number of rotatable bonds is 3. The lowest BCUT2D eigenvalue weighted by Gasteiger charge is -2.07. The molecule has 0 aromatic heterocycles. The van der Waals surface area contributed by atoms with Crippen LogP contribution >= 0.6 is 11.8 Å². The van der Waals surface area contributed by atoms with Crippen molar-refractivity contribution in [3.05, 3.63) is 54.6 Å². The SMILES string of the molecule is OCSc1ccccc1-c1ccccc1. The molecule has 0 aliphatic rings. The number of hydrogen-bond donors (Lipinski definition) is 1. The summed E-state index contributed by atoms with van der Waals surface area (Å²) in [6.07, 6.45) is 0. The Morgan fingerprint density at radius 1 is 0.867 bits per heavy atom. The van der Waals surface area contributed by atoms with E-state index >= 15 is 0 Å². The Morgan fingerprint density at radius 3 is 2.27 bits per heavy atom. The second-order valence-electron chi connectivity index (χ2n) is 3.14. The molecule has 0 fully saturated rings. The van der Waals surface area contributed by atoms with Crippen LogP contribution in [0.25, 0.3) is 11.1 Å². The minimum absolute atomic E-state index is 0.115. The molecule has 0 amide bonds. The molecule has 0 heterocycles. The maximum atomic E-state index is 8.95. The van der Waals surface area contributed by atoms with Crippen LogP contribution < -0.4 is 0 Å². The van der Waals surface area contributed by atoms with Crippen molar-refractivity contribution in [3.63, 3.8) is 0 Å². The van der Waals surface area contributed by atoms with Crippen molar-refractivity contribution in [3.8, 4) is 11.1 Å². The molecule has 0 aliphatic carbocycles. The molecule has 0 aliphatic heterocycles. The predicted octanol–water partition coefficient (Wildman–Crippen LogP) is 3.40. The van der Waals surface area contributed by atoms with Gasteiger partial charge in [0, 0.05) is 4.90 Å². The van der Waals surface area contributed by atoms with Crippen molar-refractivity contribution in [1.29, 1.82) is 0 Å². The molecule has 15 heavy (non-hydrogen) atoms. The van der Waals surface area contributed by atoms with Gasteiger partial charge in [0.15, 0.2) is 0 Å². The van der Waals surface area contributed by atoms with Gasteiger partial charge in [0.05, 0.1) is 5.94 Å². The molecular weight excluding hydrogens is 204 g/mol. The lowest BCUT2D eigenvalue weighted by molar-refractivity contribution is 0.375. The van der Waals surface area contributed by atoms with Crippen LogP contribution in [0.3, 0.4) is 0 Å². The highest BCUT2D eigenvalue weighted by Gasteiger charge is 2.03. The van der Waals surface area contributed by atoms with Crippen molar-refractivity contribution in [1.82, 2.24) is 0 Å². The van der Waals surface area contributed by atoms with Gasteiger partial charge in [-0.3, -0.25) is 0 Å². The summed E-state index contributed by atoms with van der Waals surface area (Å²) in [5.74, 6) is 0.115. The molecule has 0 spiro atoms. The van der Waals surface area contributed by atoms with Gasteiger partial charge in [0.25, 0.3) is 0 Å². The molecular formula is C13H12OS. The second-order valence-corrected chi connectivity index (χ2v) is 4.12. The van der Waals surface area contributed by atoms with Crippen molar-refractivity contribution < 1.29 is 5.11 Å². The predicted molar refractivity (Wildman–Crippen MR) is 64.8 cm³/mol. The van der Waals surface area contributed by atoms with E-state index in [0.717, 1.165) is 4.90 Å². The van der Waals surface area contributed by atoms with E-state index in [1.165, 1.54) is 22.9 Å². The Balaban J connectivity index is 2.43. The first kappa shape index (κ1) is 10.3. The minimum Gasteiger partial charge on any atom is -0.385 e. The average molecular weight is 216 g/mol. The fourth-order valence-electron chi connectivity index (χ4n) is 1.52. The van der Waals surface area contributed by atoms with Gasteiger partial charge >= 0.3 is 0 Å². The second kappa shape index (κ2) is 5.01.